The Bertz CT molecular complexity index is 1800. The van der Waals surface area contributed by atoms with Gasteiger partial charge in [-0.3, -0.25) is 14.5 Å². The number of anilines is 1. The number of aromatic nitrogens is 1. The number of furan rings is 1. The van der Waals surface area contributed by atoms with Gasteiger partial charge >= 0.3 is 0 Å². The van der Waals surface area contributed by atoms with Crippen LogP contribution in [-0.2, 0) is 4.79 Å². The lowest BCUT2D eigenvalue weighted by Gasteiger charge is -2.26. The molecule has 1 aliphatic rings. The first-order chi connectivity index (χ1) is 18.8. The standard InChI is InChI=1S/C31H25ClN2O5/c1-16(2)17-8-10-20(11-9-17)34-27(22-15-33-23-7-5-4-6-21(22)23)26(29(36)31(34)37)28(35)24-13-18-12-19(32)14-25(38-3)30(18)39-24/h4-16,27,33,36H,1-3H3. The van der Waals surface area contributed by atoms with Crippen LogP contribution in [0.15, 0.2) is 88.7 Å². The number of aliphatic hydroxyl groups excluding tert-OH is 1. The van der Waals surface area contributed by atoms with Crippen molar-refractivity contribution in [3.63, 3.8) is 0 Å². The molecule has 2 aromatic heterocycles. The summed E-state index contributed by atoms with van der Waals surface area (Å²) in [6.45, 7) is 4.18. The maximum absolute atomic E-state index is 14.0. The number of carbonyl (C=O) groups is 2. The number of carbonyl (C=O) groups excluding carboxylic acids is 2. The molecule has 0 saturated carbocycles. The van der Waals surface area contributed by atoms with Crippen LogP contribution in [0, 0.1) is 0 Å². The molecule has 0 spiro atoms. The largest absolute Gasteiger partial charge is 0.503 e. The number of fused-ring (bicyclic) bond motifs is 2. The summed E-state index contributed by atoms with van der Waals surface area (Å²) in [5.41, 5.74) is 3.47. The highest BCUT2D eigenvalue weighted by Gasteiger charge is 2.46. The van der Waals surface area contributed by atoms with E-state index in [9.17, 15) is 14.7 Å². The second-order valence-corrected chi connectivity index (χ2v) is 10.3. The SMILES string of the molecule is COc1cc(Cl)cc2cc(C(=O)C3=C(O)C(=O)N(c4ccc(C(C)C)cc4)C3c3c[nH]c4ccccc34)oc12. The molecule has 1 atom stereocenters. The summed E-state index contributed by atoms with van der Waals surface area (Å²) >= 11 is 6.21. The first-order valence-electron chi connectivity index (χ1n) is 12.5. The fraction of sp³-hybridized carbons (Fsp3) is 0.161. The van der Waals surface area contributed by atoms with Crippen molar-refractivity contribution in [3.8, 4) is 5.75 Å². The summed E-state index contributed by atoms with van der Waals surface area (Å²) < 4.78 is 11.3. The summed E-state index contributed by atoms with van der Waals surface area (Å²) in [5.74, 6) is -1.25. The van der Waals surface area contributed by atoms with E-state index in [0.29, 0.717) is 38.9 Å². The molecule has 0 aliphatic carbocycles. The zero-order chi connectivity index (χ0) is 27.4. The second-order valence-electron chi connectivity index (χ2n) is 9.84. The molecule has 6 rings (SSSR count). The lowest BCUT2D eigenvalue weighted by molar-refractivity contribution is -0.117. The molecule has 0 bridgehead atoms. The summed E-state index contributed by atoms with van der Waals surface area (Å²) in [6.07, 6.45) is 1.77. The maximum atomic E-state index is 14.0. The van der Waals surface area contributed by atoms with Gasteiger partial charge in [0, 0.05) is 44.8 Å². The van der Waals surface area contributed by atoms with Gasteiger partial charge in [-0.25, -0.2) is 0 Å². The minimum atomic E-state index is -0.898. The number of nitrogens with one attached hydrogen (secondary N) is 1. The predicted octanol–water partition coefficient (Wildman–Crippen LogP) is 7.48. The number of hydrogen-bond acceptors (Lipinski definition) is 5. The number of aliphatic hydroxyl groups is 1. The van der Waals surface area contributed by atoms with Gasteiger partial charge in [-0.1, -0.05) is 55.8 Å². The Kier molecular flexibility index (Phi) is 5.96. The topological polar surface area (TPSA) is 95.8 Å². The number of benzene rings is 3. The normalized spacial score (nSPS) is 15.8. The van der Waals surface area contributed by atoms with E-state index in [2.05, 4.69) is 18.8 Å². The van der Waals surface area contributed by atoms with Crippen molar-refractivity contribution in [1.29, 1.82) is 0 Å². The first kappa shape index (κ1) is 24.8. The quantitative estimate of drug-likeness (QED) is 0.218. The number of Topliss-reactive ketones (excluding diaryl/α,β-unsaturated/α-hetero) is 1. The third-order valence-electron chi connectivity index (χ3n) is 7.20. The minimum absolute atomic E-state index is 0.0400. The predicted molar refractivity (Wildman–Crippen MR) is 151 cm³/mol. The van der Waals surface area contributed by atoms with E-state index in [1.807, 2.05) is 48.5 Å². The van der Waals surface area contributed by atoms with Crippen molar-refractivity contribution in [2.75, 3.05) is 12.0 Å². The molecular formula is C31H25ClN2O5. The van der Waals surface area contributed by atoms with Crippen molar-refractivity contribution in [1.82, 2.24) is 4.98 Å². The zero-order valence-corrected chi connectivity index (χ0v) is 22.2. The number of amides is 1. The number of H-pyrrole nitrogens is 1. The maximum Gasteiger partial charge on any atom is 0.294 e. The van der Waals surface area contributed by atoms with Crippen LogP contribution in [-0.4, -0.2) is 28.9 Å². The molecule has 1 unspecified atom stereocenters. The second kappa shape index (κ2) is 9.36. The molecular weight excluding hydrogens is 516 g/mol. The molecule has 5 aromatic rings. The van der Waals surface area contributed by atoms with Crippen LogP contribution in [0.25, 0.3) is 21.9 Å². The van der Waals surface area contributed by atoms with Crippen LogP contribution < -0.4 is 9.64 Å². The molecule has 0 fully saturated rings. The van der Waals surface area contributed by atoms with E-state index in [1.165, 1.54) is 12.0 Å². The molecule has 1 amide bonds. The van der Waals surface area contributed by atoms with Gasteiger partial charge in [-0.2, -0.15) is 0 Å². The van der Waals surface area contributed by atoms with Crippen LogP contribution in [0.1, 0.15) is 47.5 Å². The van der Waals surface area contributed by atoms with E-state index >= 15 is 0 Å². The molecule has 7 nitrogen and oxygen atoms in total. The molecule has 3 heterocycles. The average molecular weight is 541 g/mol. The minimum Gasteiger partial charge on any atom is -0.503 e. The number of nitrogens with zero attached hydrogens (tertiary/aromatic N) is 1. The van der Waals surface area contributed by atoms with E-state index in [-0.39, 0.29) is 11.3 Å². The molecule has 39 heavy (non-hydrogen) atoms. The van der Waals surface area contributed by atoms with Crippen LogP contribution in [0.5, 0.6) is 5.75 Å². The molecule has 196 valence electrons. The van der Waals surface area contributed by atoms with Crippen molar-refractivity contribution in [3.05, 3.63) is 106 Å². The molecule has 0 radical (unpaired) electrons. The third kappa shape index (κ3) is 3.97. The fourth-order valence-electron chi connectivity index (χ4n) is 5.22. The van der Waals surface area contributed by atoms with Gasteiger partial charge in [0.05, 0.1) is 18.7 Å². The number of rotatable bonds is 6. The Balaban J connectivity index is 1.52. The number of aromatic amines is 1. The Morgan fingerprint density at radius 3 is 2.56 bits per heavy atom. The van der Waals surface area contributed by atoms with Crippen LogP contribution >= 0.6 is 11.6 Å². The van der Waals surface area contributed by atoms with Crippen molar-refractivity contribution < 1.29 is 23.8 Å². The molecule has 3 aromatic carbocycles. The van der Waals surface area contributed by atoms with Gasteiger partial charge in [0.2, 0.25) is 5.78 Å². The summed E-state index contributed by atoms with van der Waals surface area (Å²) in [7, 11) is 1.48. The Morgan fingerprint density at radius 2 is 1.85 bits per heavy atom. The van der Waals surface area contributed by atoms with Crippen molar-refractivity contribution in [2.45, 2.75) is 25.8 Å². The Hall–Kier alpha value is -4.49. The number of ether oxygens (including phenoxy) is 1. The highest BCUT2D eigenvalue weighted by molar-refractivity contribution is 6.31. The molecule has 0 saturated heterocycles. The Labute approximate surface area is 229 Å². The number of methoxy groups -OCH3 is 1. The van der Waals surface area contributed by atoms with E-state index < -0.39 is 23.5 Å². The van der Waals surface area contributed by atoms with Crippen LogP contribution in [0.3, 0.4) is 0 Å². The number of para-hydroxylation sites is 1. The monoisotopic (exact) mass is 540 g/mol. The smallest absolute Gasteiger partial charge is 0.294 e. The Morgan fingerprint density at radius 1 is 1.10 bits per heavy atom. The van der Waals surface area contributed by atoms with Crippen LogP contribution in [0.4, 0.5) is 5.69 Å². The van der Waals surface area contributed by atoms with Gasteiger partial charge in [0.25, 0.3) is 5.91 Å². The molecule has 8 heteroatoms. The van der Waals surface area contributed by atoms with E-state index in [4.69, 9.17) is 20.8 Å². The van der Waals surface area contributed by atoms with Gasteiger partial charge in [-0.15, -0.1) is 0 Å². The number of ketones is 1. The molecule has 2 N–H and O–H groups in total. The lowest BCUT2D eigenvalue weighted by Crippen LogP contribution is -2.31. The summed E-state index contributed by atoms with van der Waals surface area (Å²) in [6, 6.07) is 19.1. The van der Waals surface area contributed by atoms with Crippen molar-refractivity contribution >= 4 is 50.9 Å². The summed E-state index contributed by atoms with van der Waals surface area (Å²) in [5, 5.41) is 13.0. The first-order valence-corrected chi connectivity index (χ1v) is 12.9. The highest BCUT2D eigenvalue weighted by atomic mass is 35.5. The van der Waals surface area contributed by atoms with Gasteiger partial charge in [0.1, 0.15) is 0 Å². The number of hydrogen-bond donors (Lipinski definition) is 2. The average Bonchev–Trinajstić information content (AvgIpc) is 3.62. The lowest BCUT2D eigenvalue weighted by atomic mass is 9.94. The molecule has 1 aliphatic heterocycles. The fourth-order valence-corrected chi connectivity index (χ4v) is 5.44. The number of halogens is 1. The van der Waals surface area contributed by atoms with Gasteiger partial charge in [0.15, 0.2) is 22.9 Å². The third-order valence-corrected chi connectivity index (χ3v) is 7.42. The van der Waals surface area contributed by atoms with Gasteiger partial charge in [-0.05, 0) is 41.8 Å². The summed E-state index contributed by atoms with van der Waals surface area (Å²) in [4.78, 5) is 32.3. The van der Waals surface area contributed by atoms with E-state index in [1.54, 1.807) is 24.4 Å². The highest BCUT2D eigenvalue weighted by Crippen LogP contribution is 2.45. The zero-order valence-electron chi connectivity index (χ0n) is 21.5. The van der Waals surface area contributed by atoms with E-state index in [0.717, 1.165) is 16.5 Å². The van der Waals surface area contributed by atoms with Gasteiger partial charge < -0.3 is 19.2 Å². The van der Waals surface area contributed by atoms with Crippen molar-refractivity contribution in [2.24, 2.45) is 0 Å². The van der Waals surface area contributed by atoms with Crippen LogP contribution in [0.2, 0.25) is 5.02 Å².